The van der Waals surface area contributed by atoms with Crippen molar-refractivity contribution in [1.29, 1.82) is 0 Å². The van der Waals surface area contributed by atoms with Crippen LogP contribution in [0.15, 0.2) is 35.6 Å². The molecule has 1 aromatic carbocycles. The standard InChI is InChI=1S/C13H14N6O2/c1-17-10-4-3-9(5-11(10)18(2)13(17)21)16-12(20)6-19-8-14-7-15-19/h3-5,7-8H,6H2,1-2H3,(H,16,20). The fourth-order valence-electron chi connectivity index (χ4n) is 2.25. The minimum Gasteiger partial charge on any atom is -0.324 e. The van der Waals surface area contributed by atoms with Gasteiger partial charge in [-0.2, -0.15) is 5.10 Å². The van der Waals surface area contributed by atoms with Gasteiger partial charge >= 0.3 is 5.69 Å². The Balaban J connectivity index is 1.86. The van der Waals surface area contributed by atoms with Gasteiger partial charge in [0.05, 0.1) is 11.0 Å². The van der Waals surface area contributed by atoms with Gasteiger partial charge in [-0.15, -0.1) is 0 Å². The van der Waals surface area contributed by atoms with Crippen LogP contribution in [0.3, 0.4) is 0 Å². The predicted octanol–water partition coefficient (Wildman–Crippen LogP) is 0.107. The highest BCUT2D eigenvalue weighted by molar-refractivity contribution is 5.93. The number of aromatic nitrogens is 5. The number of nitrogens with zero attached hydrogens (tertiary/aromatic N) is 5. The van der Waals surface area contributed by atoms with Crippen molar-refractivity contribution in [2.75, 3.05) is 5.32 Å². The average molecular weight is 286 g/mol. The van der Waals surface area contributed by atoms with Gasteiger partial charge < -0.3 is 5.32 Å². The summed E-state index contributed by atoms with van der Waals surface area (Å²) >= 11 is 0. The van der Waals surface area contributed by atoms with Crippen LogP contribution in [0.25, 0.3) is 11.0 Å². The van der Waals surface area contributed by atoms with Crippen LogP contribution in [0.5, 0.6) is 0 Å². The van der Waals surface area contributed by atoms with Crippen LogP contribution in [0.2, 0.25) is 0 Å². The quantitative estimate of drug-likeness (QED) is 0.740. The lowest BCUT2D eigenvalue weighted by Gasteiger charge is -2.06. The monoisotopic (exact) mass is 286 g/mol. The van der Waals surface area contributed by atoms with Crippen LogP contribution >= 0.6 is 0 Å². The molecule has 0 fully saturated rings. The molecule has 21 heavy (non-hydrogen) atoms. The number of imidazole rings is 1. The number of anilines is 1. The molecule has 1 amide bonds. The SMILES string of the molecule is Cn1c(=O)n(C)c2cc(NC(=O)Cn3cncn3)ccc21. The summed E-state index contributed by atoms with van der Waals surface area (Å²) in [5, 5.41) is 6.65. The van der Waals surface area contributed by atoms with Crippen molar-refractivity contribution in [3.8, 4) is 0 Å². The summed E-state index contributed by atoms with van der Waals surface area (Å²) in [6.07, 6.45) is 2.85. The summed E-state index contributed by atoms with van der Waals surface area (Å²) in [6.45, 7) is 0.0890. The van der Waals surface area contributed by atoms with E-state index >= 15 is 0 Å². The molecule has 3 aromatic rings. The van der Waals surface area contributed by atoms with E-state index in [0.717, 1.165) is 11.0 Å². The summed E-state index contributed by atoms with van der Waals surface area (Å²) in [7, 11) is 3.42. The Morgan fingerprint density at radius 1 is 1.24 bits per heavy atom. The lowest BCUT2D eigenvalue weighted by atomic mass is 10.2. The molecule has 0 aliphatic heterocycles. The topological polar surface area (TPSA) is 86.7 Å². The van der Waals surface area contributed by atoms with Gasteiger partial charge in [0.15, 0.2) is 0 Å². The Morgan fingerprint density at radius 2 is 2.00 bits per heavy atom. The fraction of sp³-hybridized carbons (Fsp3) is 0.231. The molecule has 0 saturated heterocycles. The van der Waals surface area contributed by atoms with E-state index in [0.29, 0.717) is 5.69 Å². The number of carbonyl (C=O) groups is 1. The van der Waals surface area contributed by atoms with Crippen LogP contribution in [-0.4, -0.2) is 29.8 Å². The minimum absolute atomic E-state index is 0.0890. The molecular formula is C13H14N6O2. The second-order valence-corrected chi connectivity index (χ2v) is 4.75. The van der Waals surface area contributed by atoms with Gasteiger partial charge in [0.1, 0.15) is 19.2 Å². The third-order valence-corrected chi connectivity index (χ3v) is 3.33. The largest absolute Gasteiger partial charge is 0.328 e. The molecule has 0 aliphatic rings. The number of amides is 1. The second kappa shape index (κ2) is 4.89. The first kappa shape index (κ1) is 13.1. The summed E-state index contributed by atoms with van der Waals surface area (Å²) in [5.74, 6) is -0.208. The van der Waals surface area contributed by atoms with Gasteiger partial charge in [-0.25, -0.2) is 14.5 Å². The highest BCUT2D eigenvalue weighted by Crippen LogP contribution is 2.17. The number of hydrogen-bond acceptors (Lipinski definition) is 4. The van der Waals surface area contributed by atoms with Crippen molar-refractivity contribution in [3.05, 3.63) is 41.3 Å². The maximum absolute atomic E-state index is 11.9. The Labute approximate surface area is 119 Å². The molecule has 0 spiro atoms. The van der Waals surface area contributed by atoms with Crippen LogP contribution in [0.1, 0.15) is 0 Å². The third kappa shape index (κ3) is 2.31. The molecule has 0 radical (unpaired) electrons. The zero-order valence-electron chi connectivity index (χ0n) is 11.6. The molecule has 8 nitrogen and oxygen atoms in total. The normalized spacial score (nSPS) is 11.0. The van der Waals surface area contributed by atoms with E-state index in [2.05, 4.69) is 15.4 Å². The van der Waals surface area contributed by atoms with E-state index in [9.17, 15) is 9.59 Å². The number of hydrogen-bond donors (Lipinski definition) is 1. The van der Waals surface area contributed by atoms with E-state index in [1.807, 2.05) is 6.07 Å². The van der Waals surface area contributed by atoms with Crippen molar-refractivity contribution < 1.29 is 4.79 Å². The van der Waals surface area contributed by atoms with E-state index in [-0.39, 0.29) is 18.1 Å². The van der Waals surface area contributed by atoms with Crippen LogP contribution in [0, 0.1) is 0 Å². The van der Waals surface area contributed by atoms with Crippen molar-refractivity contribution in [3.63, 3.8) is 0 Å². The molecule has 108 valence electrons. The van der Waals surface area contributed by atoms with Crippen molar-refractivity contribution in [1.82, 2.24) is 23.9 Å². The molecular weight excluding hydrogens is 272 g/mol. The van der Waals surface area contributed by atoms with Crippen LogP contribution in [0.4, 0.5) is 5.69 Å². The van der Waals surface area contributed by atoms with E-state index in [1.165, 1.54) is 17.3 Å². The summed E-state index contributed by atoms with van der Waals surface area (Å²) < 4.78 is 4.55. The van der Waals surface area contributed by atoms with Crippen molar-refractivity contribution in [2.24, 2.45) is 14.1 Å². The van der Waals surface area contributed by atoms with E-state index in [4.69, 9.17) is 0 Å². The van der Waals surface area contributed by atoms with Gasteiger partial charge in [-0.3, -0.25) is 13.9 Å². The lowest BCUT2D eigenvalue weighted by Crippen LogP contribution is -2.19. The number of fused-ring (bicyclic) bond motifs is 1. The van der Waals surface area contributed by atoms with Crippen molar-refractivity contribution >= 4 is 22.6 Å². The first-order chi connectivity index (χ1) is 10.1. The number of nitrogens with one attached hydrogen (secondary N) is 1. The van der Waals surface area contributed by atoms with Crippen molar-refractivity contribution in [2.45, 2.75) is 6.54 Å². The molecule has 0 saturated carbocycles. The highest BCUT2D eigenvalue weighted by Gasteiger charge is 2.10. The zero-order valence-corrected chi connectivity index (χ0v) is 11.6. The molecule has 8 heteroatoms. The van der Waals surface area contributed by atoms with Gasteiger partial charge in [-0.05, 0) is 18.2 Å². The Kier molecular flexibility index (Phi) is 3.05. The number of aryl methyl sites for hydroxylation is 2. The molecule has 1 N–H and O–H groups in total. The average Bonchev–Trinajstić information content (AvgIpc) is 3.03. The van der Waals surface area contributed by atoms with Gasteiger partial charge in [-0.1, -0.05) is 0 Å². The van der Waals surface area contributed by atoms with Gasteiger partial charge in [0.25, 0.3) is 0 Å². The predicted molar refractivity (Wildman–Crippen MR) is 76.8 cm³/mol. The maximum Gasteiger partial charge on any atom is 0.328 e. The first-order valence-corrected chi connectivity index (χ1v) is 6.34. The molecule has 0 aliphatic carbocycles. The Hall–Kier alpha value is -2.90. The Morgan fingerprint density at radius 3 is 2.71 bits per heavy atom. The minimum atomic E-state index is -0.208. The molecule has 0 atom stereocenters. The molecule has 3 rings (SSSR count). The summed E-state index contributed by atoms with van der Waals surface area (Å²) in [5.41, 5.74) is 2.11. The lowest BCUT2D eigenvalue weighted by molar-refractivity contribution is -0.116. The maximum atomic E-state index is 11.9. The first-order valence-electron chi connectivity index (χ1n) is 6.34. The second-order valence-electron chi connectivity index (χ2n) is 4.75. The number of rotatable bonds is 3. The molecule has 0 bridgehead atoms. The highest BCUT2D eigenvalue weighted by atomic mass is 16.2. The van der Waals surface area contributed by atoms with E-state index in [1.54, 1.807) is 35.4 Å². The molecule has 2 aromatic heterocycles. The zero-order chi connectivity index (χ0) is 15.0. The third-order valence-electron chi connectivity index (χ3n) is 3.33. The van der Waals surface area contributed by atoms with Gasteiger partial charge in [0, 0.05) is 19.8 Å². The van der Waals surface area contributed by atoms with Crippen LogP contribution in [-0.2, 0) is 25.4 Å². The number of carbonyl (C=O) groups excluding carboxylic acids is 1. The molecule has 2 heterocycles. The van der Waals surface area contributed by atoms with Crippen LogP contribution < -0.4 is 11.0 Å². The number of benzene rings is 1. The van der Waals surface area contributed by atoms with E-state index < -0.39 is 0 Å². The molecule has 0 unspecified atom stereocenters. The smallest absolute Gasteiger partial charge is 0.324 e. The Bertz CT molecular complexity index is 859. The summed E-state index contributed by atoms with van der Waals surface area (Å²) in [6, 6.07) is 5.35. The summed E-state index contributed by atoms with van der Waals surface area (Å²) in [4.78, 5) is 27.5. The van der Waals surface area contributed by atoms with Gasteiger partial charge in [0.2, 0.25) is 5.91 Å². The fourth-order valence-corrected chi connectivity index (χ4v) is 2.25.